The molecule has 5 rings (SSSR count). The second-order valence-corrected chi connectivity index (χ2v) is 9.22. The van der Waals surface area contributed by atoms with Crippen LogP contribution < -0.4 is 15.1 Å². The Balaban J connectivity index is 1.38. The van der Waals surface area contributed by atoms with Gasteiger partial charge in [0.15, 0.2) is 0 Å². The number of rotatable bonds is 4. The van der Waals surface area contributed by atoms with Crippen LogP contribution in [0.15, 0.2) is 72.4 Å². The molecule has 0 fully saturated rings. The first kappa shape index (κ1) is 21.8. The Kier molecular flexibility index (Phi) is 5.81. The van der Waals surface area contributed by atoms with Crippen LogP contribution in [0.2, 0.25) is 0 Å². The molecule has 0 spiro atoms. The zero-order valence-corrected chi connectivity index (χ0v) is 19.7. The summed E-state index contributed by atoms with van der Waals surface area (Å²) in [4.78, 5) is 39.7. The van der Waals surface area contributed by atoms with E-state index in [1.165, 1.54) is 16.6 Å². The van der Waals surface area contributed by atoms with Crippen molar-refractivity contribution in [2.75, 3.05) is 29.2 Å². The minimum absolute atomic E-state index is 0.124. The standard InChI is InChI=1S/C26H23N5O2S/c1-30(2)24-20(7-5-12-27-24)25(32)29-23-10-9-19(15-28-23)26(33)31-16-22-18(11-13-34-22)14-17-6-3-4-8-21(17)31/h3-13,15H,14,16H2,1-2H3,(H,28,29,32). The van der Waals surface area contributed by atoms with Crippen molar-refractivity contribution in [1.82, 2.24) is 9.97 Å². The topological polar surface area (TPSA) is 78.4 Å². The fourth-order valence-electron chi connectivity index (χ4n) is 4.07. The van der Waals surface area contributed by atoms with E-state index in [0.29, 0.717) is 29.3 Å². The first-order chi connectivity index (χ1) is 16.5. The molecule has 170 valence electrons. The van der Waals surface area contributed by atoms with Crippen molar-refractivity contribution in [3.63, 3.8) is 0 Å². The zero-order chi connectivity index (χ0) is 23.7. The maximum atomic E-state index is 13.5. The number of thiophene rings is 1. The van der Waals surface area contributed by atoms with Crippen LogP contribution in [0.5, 0.6) is 0 Å². The maximum Gasteiger partial charge on any atom is 0.260 e. The number of carbonyl (C=O) groups excluding carboxylic acids is 2. The molecule has 1 aromatic carbocycles. The minimum Gasteiger partial charge on any atom is -0.362 e. The smallest absolute Gasteiger partial charge is 0.260 e. The number of pyridine rings is 2. The Morgan fingerprint density at radius 2 is 1.85 bits per heavy atom. The Bertz CT molecular complexity index is 1360. The number of fused-ring (bicyclic) bond motifs is 2. The van der Waals surface area contributed by atoms with Gasteiger partial charge in [-0.05, 0) is 52.9 Å². The summed E-state index contributed by atoms with van der Waals surface area (Å²) in [5.74, 6) is 0.503. The predicted molar refractivity (Wildman–Crippen MR) is 135 cm³/mol. The normalized spacial score (nSPS) is 12.4. The van der Waals surface area contributed by atoms with Gasteiger partial charge < -0.3 is 15.1 Å². The Hall–Kier alpha value is -4.04. The number of anilines is 3. The van der Waals surface area contributed by atoms with Gasteiger partial charge >= 0.3 is 0 Å². The number of nitrogens with one attached hydrogen (secondary N) is 1. The summed E-state index contributed by atoms with van der Waals surface area (Å²) in [5, 5.41) is 4.87. The van der Waals surface area contributed by atoms with Crippen LogP contribution in [0.4, 0.5) is 17.3 Å². The molecule has 4 aromatic rings. The first-order valence-electron chi connectivity index (χ1n) is 10.9. The van der Waals surface area contributed by atoms with Gasteiger partial charge in [0.2, 0.25) is 0 Å². The zero-order valence-electron chi connectivity index (χ0n) is 18.9. The molecule has 4 heterocycles. The molecule has 34 heavy (non-hydrogen) atoms. The molecule has 0 aliphatic carbocycles. The molecule has 0 saturated carbocycles. The van der Waals surface area contributed by atoms with Crippen LogP contribution in [0.25, 0.3) is 0 Å². The van der Waals surface area contributed by atoms with Crippen LogP contribution in [0.3, 0.4) is 0 Å². The molecule has 0 radical (unpaired) electrons. The molecule has 7 nitrogen and oxygen atoms in total. The maximum absolute atomic E-state index is 13.5. The Morgan fingerprint density at radius 3 is 2.65 bits per heavy atom. The van der Waals surface area contributed by atoms with Gasteiger partial charge in [0.25, 0.3) is 11.8 Å². The highest BCUT2D eigenvalue weighted by atomic mass is 32.1. The molecule has 1 N–H and O–H groups in total. The number of amides is 2. The molecule has 8 heteroatoms. The lowest BCUT2D eigenvalue weighted by Crippen LogP contribution is -2.30. The number of nitrogens with zero attached hydrogens (tertiary/aromatic N) is 4. The van der Waals surface area contributed by atoms with Crippen LogP contribution in [-0.2, 0) is 13.0 Å². The predicted octanol–water partition coefficient (Wildman–Crippen LogP) is 4.61. The van der Waals surface area contributed by atoms with E-state index in [9.17, 15) is 9.59 Å². The third-order valence-electron chi connectivity index (χ3n) is 5.75. The highest BCUT2D eigenvalue weighted by Crippen LogP contribution is 2.33. The molecule has 0 atom stereocenters. The second kappa shape index (κ2) is 9.07. The second-order valence-electron chi connectivity index (χ2n) is 8.22. The highest BCUT2D eigenvalue weighted by molar-refractivity contribution is 7.10. The lowest BCUT2D eigenvalue weighted by atomic mass is 10.1. The average Bonchev–Trinajstić information content (AvgIpc) is 3.23. The van der Waals surface area contributed by atoms with Gasteiger partial charge in [0.1, 0.15) is 11.6 Å². The van der Waals surface area contributed by atoms with E-state index in [0.717, 1.165) is 17.7 Å². The number of carbonyl (C=O) groups is 2. The van der Waals surface area contributed by atoms with Crippen molar-refractivity contribution < 1.29 is 9.59 Å². The SMILES string of the molecule is CN(C)c1ncccc1C(=O)Nc1ccc(C(=O)N2Cc3sccc3Cc3ccccc32)cn1. The van der Waals surface area contributed by atoms with Crippen LogP contribution >= 0.6 is 11.3 Å². The number of benzene rings is 1. The van der Waals surface area contributed by atoms with E-state index in [1.807, 2.05) is 37.2 Å². The molecule has 0 bridgehead atoms. The fraction of sp³-hybridized carbons (Fsp3) is 0.154. The van der Waals surface area contributed by atoms with Gasteiger partial charge in [-0.15, -0.1) is 11.3 Å². The summed E-state index contributed by atoms with van der Waals surface area (Å²) in [7, 11) is 3.66. The van der Waals surface area contributed by atoms with Crippen molar-refractivity contribution in [2.24, 2.45) is 0 Å². The molecule has 0 saturated heterocycles. The van der Waals surface area contributed by atoms with Gasteiger partial charge in [-0.3, -0.25) is 9.59 Å². The molecular weight excluding hydrogens is 446 g/mol. The van der Waals surface area contributed by atoms with E-state index in [1.54, 1.807) is 46.7 Å². The number of hydrogen-bond donors (Lipinski definition) is 1. The fourth-order valence-corrected chi connectivity index (χ4v) is 4.96. The monoisotopic (exact) mass is 469 g/mol. The van der Waals surface area contributed by atoms with Crippen molar-refractivity contribution in [3.05, 3.63) is 99.5 Å². The van der Waals surface area contributed by atoms with Crippen molar-refractivity contribution in [2.45, 2.75) is 13.0 Å². The lowest BCUT2D eigenvalue weighted by molar-refractivity contribution is 0.0984. The number of hydrogen-bond acceptors (Lipinski definition) is 6. The Labute approximate surface area is 201 Å². The summed E-state index contributed by atoms with van der Waals surface area (Å²) in [5.41, 5.74) is 4.21. The molecule has 0 unspecified atom stereocenters. The van der Waals surface area contributed by atoms with Gasteiger partial charge in [0, 0.05) is 43.5 Å². The lowest BCUT2D eigenvalue weighted by Gasteiger charge is -2.23. The third kappa shape index (κ3) is 4.15. The first-order valence-corrected chi connectivity index (χ1v) is 11.7. The quantitative estimate of drug-likeness (QED) is 0.472. The van der Waals surface area contributed by atoms with Crippen molar-refractivity contribution >= 4 is 40.5 Å². The minimum atomic E-state index is -0.310. The summed E-state index contributed by atoms with van der Waals surface area (Å²) < 4.78 is 0. The van der Waals surface area contributed by atoms with Gasteiger partial charge in [-0.1, -0.05) is 18.2 Å². The summed E-state index contributed by atoms with van der Waals surface area (Å²) in [6.07, 6.45) is 3.97. The largest absolute Gasteiger partial charge is 0.362 e. The molecular formula is C26H23N5O2S. The molecule has 1 aliphatic rings. The van der Waals surface area contributed by atoms with Crippen LogP contribution in [-0.4, -0.2) is 35.9 Å². The highest BCUT2D eigenvalue weighted by Gasteiger charge is 2.26. The van der Waals surface area contributed by atoms with Crippen molar-refractivity contribution in [3.8, 4) is 0 Å². The number of para-hydroxylation sites is 1. The average molecular weight is 470 g/mol. The summed E-state index contributed by atoms with van der Waals surface area (Å²) in [6.45, 7) is 0.523. The molecule has 3 aromatic heterocycles. The summed E-state index contributed by atoms with van der Waals surface area (Å²) in [6, 6.07) is 16.9. The van der Waals surface area contributed by atoms with Crippen molar-refractivity contribution in [1.29, 1.82) is 0 Å². The van der Waals surface area contributed by atoms with E-state index in [-0.39, 0.29) is 11.8 Å². The van der Waals surface area contributed by atoms with E-state index in [2.05, 4.69) is 32.8 Å². The van der Waals surface area contributed by atoms with Crippen LogP contribution in [0, 0.1) is 0 Å². The Morgan fingerprint density at radius 1 is 1.00 bits per heavy atom. The van der Waals surface area contributed by atoms with E-state index in [4.69, 9.17) is 0 Å². The van der Waals surface area contributed by atoms with E-state index < -0.39 is 0 Å². The third-order valence-corrected chi connectivity index (χ3v) is 6.70. The van der Waals surface area contributed by atoms with Crippen LogP contribution in [0.1, 0.15) is 36.7 Å². The summed E-state index contributed by atoms with van der Waals surface area (Å²) >= 11 is 1.67. The molecule has 1 aliphatic heterocycles. The van der Waals surface area contributed by atoms with Gasteiger partial charge in [-0.2, -0.15) is 0 Å². The van der Waals surface area contributed by atoms with E-state index >= 15 is 0 Å². The van der Waals surface area contributed by atoms with Gasteiger partial charge in [0.05, 0.1) is 17.7 Å². The number of aromatic nitrogens is 2. The molecule has 2 amide bonds. The van der Waals surface area contributed by atoms with Gasteiger partial charge in [-0.25, -0.2) is 9.97 Å².